The third-order valence-electron chi connectivity index (χ3n) is 4.27. The Morgan fingerprint density at radius 3 is 2.76 bits per heavy atom. The number of carbonyl (C=O) groups is 1. The van der Waals surface area contributed by atoms with Gasteiger partial charge in [0, 0.05) is 12.6 Å². The van der Waals surface area contributed by atoms with Crippen molar-refractivity contribution in [1.29, 1.82) is 0 Å². The number of likely N-dealkylation sites (tertiary alicyclic amines) is 1. The molecule has 17 heavy (non-hydrogen) atoms. The van der Waals surface area contributed by atoms with Gasteiger partial charge in [-0.05, 0) is 31.6 Å². The molecule has 98 valence electrons. The molecule has 1 saturated heterocycles. The average Bonchev–Trinajstić information content (AvgIpc) is 2.80. The van der Waals surface area contributed by atoms with E-state index in [1.54, 1.807) is 4.90 Å². The summed E-state index contributed by atoms with van der Waals surface area (Å²) in [4.78, 5) is 13.9. The zero-order valence-electron chi connectivity index (χ0n) is 10.7. The highest BCUT2D eigenvalue weighted by Gasteiger charge is 2.30. The molecule has 2 aliphatic rings. The van der Waals surface area contributed by atoms with E-state index in [-0.39, 0.29) is 18.7 Å². The van der Waals surface area contributed by atoms with Crippen LogP contribution in [0.25, 0.3) is 0 Å². The van der Waals surface area contributed by atoms with Gasteiger partial charge in [-0.2, -0.15) is 0 Å². The van der Waals surface area contributed by atoms with Crippen molar-refractivity contribution < 1.29 is 9.90 Å². The second kappa shape index (κ2) is 5.71. The van der Waals surface area contributed by atoms with E-state index in [0.29, 0.717) is 12.0 Å². The Bertz CT molecular complexity index is 270. The first-order valence-corrected chi connectivity index (χ1v) is 6.90. The molecular weight excluding hydrogens is 216 g/mol. The van der Waals surface area contributed by atoms with E-state index in [4.69, 9.17) is 0 Å². The normalized spacial score (nSPS) is 33.8. The van der Waals surface area contributed by atoms with Crippen LogP contribution >= 0.6 is 0 Å². The van der Waals surface area contributed by atoms with Gasteiger partial charge >= 0.3 is 6.03 Å². The van der Waals surface area contributed by atoms with Gasteiger partial charge in [0.2, 0.25) is 0 Å². The summed E-state index contributed by atoms with van der Waals surface area (Å²) in [6.07, 6.45) is 6.77. The van der Waals surface area contributed by atoms with Crippen molar-refractivity contribution in [2.24, 2.45) is 5.92 Å². The lowest BCUT2D eigenvalue weighted by Crippen LogP contribution is -2.50. The van der Waals surface area contributed by atoms with Gasteiger partial charge in [0.15, 0.2) is 0 Å². The summed E-state index contributed by atoms with van der Waals surface area (Å²) < 4.78 is 0. The Hall–Kier alpha value is -0.770. The minimum absolute atomic E-state index is 0.0281. The fourth-order valence-corrected chi connectivity index (χ4v) is 3.07. The lowest BCUT2D eigenvalue weighted by atomic mass is 9.86. The molecule has 1 aliphatic heterocycles. The highest BCUT2D eigenvalue weighted by atomic mass is 16.3. The predicted octanol–water partition coefficient (Wildman–Crippen LogP) is 1.73. The molecule has 3 unspecified atom stereocenters. The molecule has 2 fully saturated rings. The molecular formula is C13H24N2O2. The average molecular weight is 240 g/mol. The van der Waals surface area contributed by atoms with Gasteiger partial charge in [-0.1, -0.05) is 19.8 Å². The molecule has 2 amide bonds. The van der Waals surface area contributed by atoms with Crippen LogP contribution in [0.15, 0.2) is 0 Å². The maximum absolute atomic E-state index is 12.1. The summed E-state index contributed by atoms with van der Waals surface area (Å²) in [6, 6.07) is 0.394. The highest BCUT2D eigenvalue weighted by Crippen LogP contribution is 2.24. The van der Waals surface area contributed by atoms with Crippen LogP contribution in [0.2, 0.25) is 0 Å². The van der Waals surface area contributed by atoms with Crippen molar-refractivity contribution >= 4 is 6.03 Å². The van der Waals surface area contributed by atoms with E-state index in [1.807, 2.05) is 0 Å². The van der Waals surface area contributed by atoms with Crippen LogP contribution in [0.3, 0.4) is 0 Å². The molecule has 4 heteroatoms. The van der Waals surface area contributed by atoms with Crippen LogP contribution in [0, 0.1) is 5.92 Å². The van der Waals surface area contributed by atoms with E-state index in [0.717, 1.165) is 25.8 Å². The Morgan fingerprint density at radius 2 is 2.06 bits per heavy atom. The number of aliphatic hydroxyl groups excluding tert-OH is 1. The number of hydrogen-bond donors (Lipinski definition) is 2. The molecule has 2 N–H and O–H groups in total. The molecule has 1 heterocycles. The molecule has 2 rings (SSSR count). The van der Waals surface area contributed by atoms with E-state index in [9.17, 15) is 9.90 Å². The monoisotopic (exact) mass is 240 g/mol. The third kappa shape index (κ3) is 2.92. The van der Waals surface area contributed by atoms with E-state index in [2.05, 4.69) is 12.2 Å². The second-order valence-corrected chi connectivity index (χ2v) is 5.49. The van der Waals surface area contributed by atoms with Gasteiger partial charge in [0.05, 0.1) is 12.6 Å². The molecule has 1 aliphatic carbocycles. The lowest BCUT2D eigenvalue weighted by Gasteiger charge is -2.32. The zero-order valence-corrected chi connectivity index (χ0v) is 10.7. The molecule has 0 radical (unpaired) electrons. The van der Waals surface area contributed by atoms with E-state index in [1.165, 1.54) is 19.3 Å². The molecule has 0 bridgehead atoms. The predicted molar refractivity (Wildman–Crippen MR) is 66.8 cm³/mol. The topological polar surface area (TPSA) is 52.6 Å². The van der Waals surface area contributed by atoms with Crippen molar-refractivity contribution in [3.63, 3.8) is 0 Å². The second-order valence-electron chi connectivity index (χ2n) is 5.49. The first-order valence-electron chi connectivity index (χ1n) is 6.90. The fourth-order valence-electron chi connectivity index (χ4n) is 3.07. The summed E-state index contributed by atoms with van der Waals surface area (Å²) >= 11 is 0. The van der Waals surface area contributed by atoms with Crippen molar-refractivity contribution in [2.75, 3.05) is 13.2 Å². The van der Waals surface area contributed by atoms with Gasteiger partial charge in [0.25, 0.3) is 0 Å². The smallest absolute Gasteiger partial charge is 0.317 e. The molecule has 0 aromatic heterocycles. The van der Waals surface area contributed by atoms with Crippen molar-refractivity contribution in [3.8, 4) is 0 Å². The first-order chi connectivity index (χ1) is 8.22. The van der Waals surface area contributed by atoms with Crippen LogP contribution in [0.1, 0.15) is 45.4 Å². The number of aliphatic hydroxyl groups is 1. The lowest BCUT2D eigenvalue weighted by molar-refractivity contribution is 0.148. The van der Waals surface area contributed by atoms with E-state index < -0.39 is 0 Å². The Kier molecular flexibility index (Phi) is 4.26. The molecule has 1 saturated carbocycles. The largest absolute Gasteiger partial charge is 0.394 e. The highest BCUT2D eigenvalue weighted by molar-refractivity contribution is 5.75. The van der Waals surface area contributed by atoms with Crippen LogP contribution in [-0.4, -0.2) is 41.3 Å². The Balaban J connectivity index is 1.87. The summed E-state index contributed by atoms with van der Waals surface area (Å²) in [5.74, 6) is 0.586. The number of nitrogens with zero attached hydrogens (tertiary/aromatic N) is 1. The quantitative estimate of drug-likeness (QED) is 0.772. The minimum Gasteiger partial charge on any atom is -0.394 e. The molecule has 4 nitrogen and oxygen atoms in total. The maximum atomic E-state index is 12.1. The van der Waals surface area contributed by atoms with Crippen molar-refractivity contribution in [1.82, 2.24) is 10.2 Å². The Morgan fingerprint density at radius 1 is 1.29 bits per heavy atom. The number of rotatable bonds is 2. The molecule has 0 spiro atoms. The third-order valence-corrected chi connectivity index (χ3v) is 4.27. The summed E-state index contributed by atoms with van der Waals surface area (Å²) in [7, 11) is 0. The van der Waals surface area contributed by atoms with Gasteiger partial charge in [0.1, 0.15) is 0 Å². The SMILES string of the molecule is CC1CCCCC1NC(=O)N1CCCC1CO. The molecule has 0 aromatic rings. The van der Waals surface area contributed by atoms with E-state index >= 15 is 0 Å². The summed E-state index contributed by atoms with van der Waals surface area (Å²) in [5, 5.41) is 12.4. The van der Waals surface area contributed by atoms with Crippen molar-refractivity contribution in [2.45, 2.75) is 57.5 Å². The number of amides is 2. The molecule has 0 aromatic carbocycles. The maximum Gasteiger partial charge on any atom is 0.317 e. The van der Waals surface area contributed by atoms with Crippen LogP contribution < -0.4 is 5.32 Å². The minimum atomic E-state index is 0.0281. The number of urea groups is 1. The van der Waals surface area contributed by atoms with Crippen LogP contribution in [0.5, 0.6) is 0 Å². The number of carbonyl (C=O) groups excluding carboxylic acids is 1. The summed E-state index contributed by atoms with van der Waals surface area (Å²) in [6.45, 7) is 3.10. The zero-order chi connectivity index (χ0) is 12.3. The van der Waals surface area contributed by atoms with Gasteiger partial charge in [-0.25, -0.2) is 4.79 Å². The standard InChI is InChI=1S/C13H24N2O2/c1-10-5-2-3-7-12(10)14-13(17)15-8-4-6-11(15)9-16/h10-12,16H,2-9H2,1H3,(H,14,17). The first kappa shape index (κ1) is 12.7. The summed E-state index contributed by atoms with van der Waals surface area (Å²) in [5.41, 5.74) is 0. The van der Waals surface area contributed by atoms with Gasteiger partial charge in [-0.3, -0.25) is 0 Å². The van der Waals surface area contributed by atoms with Crippen LogP contribution in [-0.2, 0) is 0 Å². The number of nitrogens with one attached hydrogen (secondary N) is 1. The van der Waals surface area contributed by atoms with Crippen LogP contribution in [0.4, 0.5) is 4.79 Å². The number of hydrogen-bond acceptors (Lipinski definition) is 2. The van der Waals surface area contributed by atoms with Gasteiger partial charge in [-0.15, -0.1) is 0 Å². The van der Waals surface area contributed by atoms with Gasteiger partial charge < -0.3 is 15.3 Å². The Labute approximate surface area is 103 Å². The van der Waals surface area contributed by atoms with Crippen molar-refractivity contribution in [3.05, 3.63) is 0 Å². The molecule has 3 atom stereocenters. The fraction of sp³-hybridized carbons (Fsp3) is 0.923.